The zero-order valence-corrected chi connectivity index (χ0v) is 11.3. The smallest absolute Gasteiger partial charge is 0.248 e. The lowest BCUT2D eigenvalue weighted by molar-refractivity contribution is 0.0902. The first-order valence-corrected chi connectivity index (χ1v) is 7.71. The summed E-state index contributed by atoms with van der Waals surface area (Å²) in [6.45, 7) is 3.64. The maximum absolute atomic E-state index is 11.7. The van der Waals surface area contributed by atoms with Gasteiger partial charge in [-0.3, -0.25) is 9.69 Å². The van der Waals surface area contributed by atoms with Crippen LogP contribution in [-0.2, 0) is 0 Å². The van der Waals surface area contributed by atoms with Crippen molar-refractivity contribution in [1.82, 2.24) is 9.88 Å². The van der Waals surface area contributed by atoms with Crippen LogP contribution in [0.4, 0.5) is 0 Å². The van der Waals surface area contributed by atoms with Gasteiger partial charge in [-0.1, -0.05) is 13.0 Å². The standard InChI is InChI=1S/C16H20N2O/c1-8-4-12-11-6-9-7-18(13(11)5-8)16(12)15-10(9)2-3-14(19)17-15/h2-3,8-9,11-13,16H,4-7H2,1H3,(H,17,19)/t8?,9-,11+,12?,13?,16?/m0/s1. The van der Waals surface area contributed by atoms with Crippen LogP contribution < -0.4 is 5.56 Å². The molecule has 0 amide bonds. The molecule has 3 aliphatic heterocycles. The predicted octanol–water partition coefficient (Wildman–Crippen LogP) is 2.26. The van der Waals surface area contributed by atoms with Crippen LogP contribution in [0.15, 0.2) is 16.9 Å². The number of nitrogens with zero attached hydrogens (tertiary/aromatic N) is 1. The number of hydrogen-bond acceptors (Lipinski definition) is 2. The van der Waals surface area contributed by atoms with E-state index < -0.39 is 0 Å². The van der Waals surface area contributed by atoms with Crippen molar-refractivity contribution in [2.24, 2.45) is 17.8 Å². The van der Waals surface area contributed by atoms with Crippen LogP contribution in [0.2, 0.25) is 0 Å². The number of hydrogen-bond donors (Lipinski definition) is 1. The Labute approximate surface area is 113 Å². The Morgan fingerprint density at radius 2 is 2.11 bits per heavy atom. The zero-order valence-electron chi connectivity index (χ0n) is 11.3. The molecule has 2 saturated heterocycles. The first-order chi connectivity index (χ1) is 9.22. The van der Waals surface area contributed by atoms with Crippen LogP contribution >= 0.6 is 0 Å². The third-order valence-corrected chi connectivity index (χ3v) is 6.26. The fourth-order valence-electron chi connectivity index (χ4n) is 5.75. The summed E-state index contributed by atoms with van der Waals surface area (Å²) in [5.74, 6) is 3.20. The van der Waals surface area contributed by atoms with Crippen molar-refractivity contribution in [3.63, 3.8) is 0 Å². The van der Waals surface area contributed by atoms with Gasteiger partial charge < -0.3 is 4.98 Å². The quantitative estimate of drug-likeness (QED) is 0.773. The minimum Gasteiger partial charge on any atom is -0.324 e. The lowest BCUT2D eigenvalue weighted by atomic mass is 9.70. The molecule has 4 heterocycles. The largest absolute Gasteiger partial charge is 0.324 e. The molecule has 5 bridgehead atoms. The second kappa shape index (κ2) is 3.32. The Morgan fingerprint density at radius 1 is 1.21 bits per heavy atom. The molecule has 1 aromatic rings. The molecule has 1 aliphatic carbocycles. The van der Waals surface area contributed by atoms with Gasteiger partial charge in [-0.05, 0) is 48.5 Å². The second-order valence-corrected chi connectivity index (χ2v) is 7.24. The molecule has 0 radical (unpaired) electrons. The van der Waals surface area contributed by atoms with Crippen LogP contribution in [0.1, 0.15) is 49.4 Å². The van der Waals surface area contributed by atoms with Crippen LogP contribution in [0, 0.1) is 17.8 Å². The van der Waals surface area contributed by atoms with Crippen LogP contribution in [0.25, 0.3) is 0 Å². The molecule has 0 spiro atoms. The summed E-state index contributed by atoms with van der Waals surface area (Å²) in [7, 11) is 0. The Hall–Kier alpha value is -1.09. The fraction of sp³-hybridized carbons (Fsp3) is 0.688. The second-order valence-electron chi connectivity index (χ2n) is 7.24. The number of nitrogens with one attached hydrogen (secondary N) is 1. The van der Waals surface area contributed by atoms with E-state index in [0.29, 0.717) is 12.0 Å². The highest BCUT2D eigenvalue weighted by Gasteiger charge is 2.59. The molecule has 3 nitrogen and oxygen atoms in total. The fourth-order valence-corrected chi connectivity index (χ4v) is 5.75. The molecule has 1 aromatic heterocycles. The number of aromatic nitrogens is 1. The van der Waals surface area contributed by atoms with E-state index in [2.05, 4.69) is 22.9 Å². The summed E-state index contributed by atoms with van der Waals surface area (Å²) in [5, 5.41) is 0. The predicted molar refractivity (Wildman–Crippen MR) is 73.0 cm³/mol. The minimum absolute atomic E-state index is 0.0762. The van der Waals surface area contributed by atoms with Gasteiger partial charge in [-0.25, -0.2) is 0 Å². The first kappa shape index (κ1) is 10.7. The molecule has 3 fully saturated rings. The normalized spacial score (nSPS) is 49.2. The molecule has 0 aromatic carbocycles. The van der Waals surface area contributed by atoms with Gasteiger partial charge in [-0.2, -0.15) is 0 Å². The van der Waals surface area contributed by atoms with Crippen LogP contribution in [0.5, 0.6) is 0 Å². The van der Waals surface area contributed by atoms with Gasteiger partial charge >= 0.3 is 0 Å². The van der Waals surface area contributed by atoms with E-state index >= 15 is 0 Å². The molecule has 1 N–H and O–H groups in total. The van der Waals surface area contributed by atoms with E-state index in [1.165, 1.54) is 37.1 Å². The van der Waals surface area contributed by atoms with Crippen molar-refractivity contribution in [3.05, 3.63) is 33.7 Å². The lowest BCUT2D eigenvalue weighted by Crippen LogP contribution is -2.46. The van der Waals surface area contributed by atoms with Gasteiger partial charge in [0.1, 0.15) is 0 Å². The number of aromatic amines is 1. The van der Waals surface area contributed by atoms with Gasteiger partial charge in [0.05, 0.1) is 6.04 Å². The summed E-state index contributed by atoms with van der Waals surface area (Å²) in [5.41, 5.74) is 2.79. The molecule has 5 rings (SSSR count). The maximum atomic E-state index is 11.7. The highest BCUT2D eigenvalue weighted by Crippen LogP contribution is 2.62. The SMILES string of the molecule is CC1CC2C3c4[nH]c(=O)ccc4[C@H]4C[C@H]2C(C1)N3C4. The van der Waals surface area contributed by atoms with Crippen molar-refractivity contribution in [2.75, 3.05) is 6.54 Å². The third-order valence-electron chi connectivity index (χ3n) is 6.26. The molecular formula is C16H20N2O. The van der Waals surface area contributed by atoms with Gasteiger partial charge in [0.15, 0.2) is 0 Å². The monoisotopic (exact) mass is 256 g/mol. The van der Waals surface area contributed by atoms with Crippen LogP contribution in [0.3, 0.4) is 0 Å². The van der Waals surface area contributed by atoms with Gasteiger partial charge in [0.2, 0.25) is 5.56 Å². The molecular weight excluding hydrogens is 236 g/mol. The average Bonchev–Trinajstić information content (AvgIpc) is 2.56. The Kier molecular flexibility index (Phi) is 1.86. The number of pyridine rings is 1. The molecule has 5 unspecified atom stereocenters. The molecule has 4 aliphatic rings. The Balaban J connectivity index is 1.74. The molecule has 3 heteroatoms. The van der Waals surface area contributed by atoms with Crippen molar-refractivity contribution in [1.29, 1.82) is 0 Å². The van der Waals surface area contributed by atoms with Crippen LogP contribution in [-0.4, -0.2) is 22.5 Å². The Bertz CT molecular complexity index is 607. The number of fused-ring (bicyclic) bond motifs is 5. The highest BCUT2D eigenvalue weighted by molar-refractivity contribution is 5.36. The zero-order chi connectivity index (χ0) is 12.7. The lowest BCUT2D eigenvalue weighted by Gasteiger charge is -2.44. The van der Waals surface area contributed by atoms with Gasteiger partial charge in [0, 0.05) is 24.3 Å². The average molecular weight is 256 g/mol. The maximum Gasteiger partial charge on any atom is 0.248 e. The molecule has 7 atom stereocenters. The van der Waals surface area contributed by atoms with E-state index in [1.54, 1.807) is 6.07 Å². The molecule has 19 heavy (non-hydrogen) atoms. The van der Waals surface area contributed by atoms with E-state index in [-0.39, 0.29) is 5.56 Å². The van der Waals surface area contributed by atoms with Crippen molar-refractivity contribution in [2.45, 2.75) is 44.2 Å². The van der Waals surface area contributed by atoms with Gasteiger partial charge in [-0.15, -0.1) is 0 Å². The minimum atomic E-state index is 0.0762. The number of piperidine rings is 1. The first-order valence-electron chi connectivity index (χ1n) is 7.71. The summed E-state index contributed by atoms with van der Waals surface area (Å²) in [4.78, 5) is 17.7. The summed E-state index contributed by atoms with van der Waals surface area (Å²) in [6, 6.07) is 5.13. The van der Waals surface area contributed by atoms with E-state index in [0.717, 1.165) is 23.8 Å². The van der Waals surface area contributed by atoms with Crippen molar-refractivity contribution >= 4 is 0 Å². The molecule has 1 saturated carbocycles. The van der Waals surface area contributed by atoms with E-state index in [1.807, 2.05) is 0 Å². The molecule has 100 valence electrons. The highest BCUT2D eigenvalue weighted by atomic mass is 16.1. The Morgan fingerprint density at radius 3 is 3.00 bits per heavy atom. The van der Waals surface area contributed by atoms with Crippen molar-refractivity contribution in [3.8, 4) is 0 Å². The number of rotatable bonds is 0. The summed E-state index contributed by atoms with van der Waals surface area (Å²) in [6.07, 6.45) is 4.08. The topological polar surface area (TPSA) is 36.1 Å². The summed E-state index contributed by atoms with van der Waals surface area (Å²) < 4.78 is 0. The van der Waals surface area contributed by atoms with E-state index in [4.69, 9.17) is 0 Å². The number of H-pyrrole nitrogens is 1. The van der Waals surface area contributed by atoms with Gasteiger partial charge in [0.25, 0.3) is 0 Å². The van der Waals surface area contributed by atoms with Crippen molar-refractivity contribution < 1.29 is 0 Å². The summed E-state index contributed by atoms with van der Waals surface area (Å²) >= 11 is 0. The third kappa shape index (κ3) is 1.20. The van der Waals surface area contributed by atoms with E-state index in [9.17, 15) is 4.79 Å².